The highest BCUT2D eigenvalue weighted by molar-refractivity contribution is 6.03. The third-order valence-corrected chi connectivity index (χ3v) is 4.59. The maximum Gasteiger partial charge on any atom is 0.296 e. The lowest BCUT2D eigenvalue weighted by molar-refractivity contribution is 0.623. The van der Waals surface area contributed by atoms with Crippen LogP contribution in [0.2, 0.25) is 0 Å². The quantitative estimate of drug-likeness (QED) is 0.692. The molecular weight excluding hydrogens is 278 g/mol. The average Bonchev–Trinajstić information content (AvgIpc) is 2.89. The average molecular weight is 297 g/mol. The lowest BCUT2D eigenvalue weighted by Crippen LogP contribution is -2.16. The first-order valence-electron chi connectivity index (χ1n) is 7.87. The number of aromatic nitrogens is 3. The predicted molar refractivity (Wildman–Crippen MR) is 85.3 cm³/mol. The molecule has 1 aliphatic carbocycles. The first-order chi connectivity index (χ1) is 10.6. The molecule has 1 aliphatic rings. The molecule has 0 saturated carbocycles. The molecule has 0 atom stereocenters. The summed E-state index contributed by atoms with van der Waals surface area (Å²) in [4.78, 5) is 21.5. The van der Waals surface area contributed by atoms with Crippen molar-refractivity contribution in [3.8, 4) is 0 Å². The third kappa shape index (κ3) is 1.74. The summed E-state index contributed by atoms with van der Waals surface area (Å²) < 4.78 is 7.26. The Morgan fingerprint density at radius 1 is 1.23 bits per heavy atom. The van der Waals surface area contributed by atoms with E-state index in [1.165, 1.54) is 28.5 Å². The van der Waals surface area contributed by atoms with Crippen molar-refractivity contribution in [2.75, 3.05) is 0 Å². The van der Waals surface area contributed by atoms with Gasteiger partial charge in [0.1, 0.15) is 5.52 Å². The Morgan fingerprint density at radius 3 is 2.68 bits per heavy atom. The van der Waals surface area contributed by atoms with E-state index in [4.69, 9.17) is 9.40 Å². The molecule has 114 valence electrons. The summed E-state index contributed by atoms with van der Waals surface area (Å²) in [5, 5.41) is 0.951. The van der Waals surface area contributed by atoms with E-state index in [1.807, 2.05) is 0 Å². The standard InChI is InChI=1S/C17H19N3O2/c1-9(2)13-11-7-5-4-6-10(11)12-14-15(22-16(12)19-13)17(21)20(3)8-18-14/h8-9H,4-7H2,1-3H3. The molecule has 3 aromatic rings. The lowest BCUT2D eigenvalue weighted by Gasteiger charge is -2.21. The summed E-state index contributed by atoms with van der Waals surface area (Å²) in [6, 6.07) is 0. The molecule has 5 heteroatoms. The number of rotatable bonds is 1. The van der Waals surface area contributed by atoms with Crippen LogP contribution >= 0.6 is 0 Å². The van der Waals surface area contributed by atoms with Gasteiger partial charge in [0.15, 0.2) is 0 Å². The Hall–Kier alpha value is -2.17. The van der Waals surface area contributed by atoms with Gasteiger partial charge < -0.3 is 4.42 Å². The van der Waals surface area contributed by atoms with Crippen molar-refractivity contribution in [3.05, 3.63) is 33.5 Å². The van der Waals surface area contributed by atoms with Gasteiger partial charge in [-0.15, -0.1) is 0 Å². The summed E-state index contributed by atoms with van der Waals surface area (Å²) in [5.41, 5.74) is 5.14. The third-order valence-electron chi connectivity index (χ3n) is 4.59. The Kier molecular flexibility index (Phi) is 2.86. The van der Waals surface area contributed by atoms with Gasteiger partial charge in [-0.2, -0.15) is 0 Å². The number of nitrogens with zero attached hydrogens (tertiary/aromatic N) is 3. The number of pyridine rings is 1. The molecule has 22 heavy (non-hydrogen) atoms. The highest BCUT2D eigenvalue weighted by atomic mass is 16.3. The Labute approximate surface area is 128 Å². The molecule has 0 radical (unpaired) electrons. The van der Waals surface area contributed by atoms with Crippen LogP contribution in [0.5, 0.6) is 0 Å². The van der Waals surface area contributed by atoms with Crippen molar-refractivity contribution < 1.29 is 4.42 Å². The molecule has 0 aliphatic heterocycles. The lowest BCUT2D eigenvalue weighted by atomic mass is 9.86. The van der Waals surface area contributed by atoms with Gasteiger partial charge in [0.05, 0.1) is 17.4 Å². The zero-order valence-corrected chi connectivity index (χ0v) is 13.1. The molecule has 0 bridgehead atoms. The molecule has 0 saturated heterocycles. The SMILES string of the molecule is CC(C)c1nc2oc3c(=O)n(C)cnc3c2c2c1CCCC2. The molecule has 3 heterocycles. The fraction of sp³-hybridized carbons (Fsp3) is 0.471. The molecule has 0 unspecified atom stereocenters. The van der Waals surface area contributed by atoms with Gasteiger partial charge in [-0.05, 0) is 42.7 Å². The van der Waals surface area contributed by atoms with Gasteiger partial charge in [-0.1, -0.05) is 13.8 Å². The first kappa shape index (κ1) is 13.5. The molecule has 3 aromatic heterocycles. The van der Waals surface area contributed by atoms with E-state index < -0.39 is 0 Å². The van der Waals surface area contributed by atoms with Crippen molar-refractivity contribution in [1.82, 2.24) is 14.5 Å². The molecule has 0 spiro atoms. The number of furan rings is 1. The molecule has 0 fully saturated rings. The highest BCUT2D eigenvalue weighted by Gasteiger charge is 2.25. The number of hydrogen-bond donors (Lipinski definition) is 0. The van der Waals surface area contributed by atoms with Crippen molar-refractivity contribution in [3.63, 3.8) is 0 Å². The van der Waals surface area contributed by atoms with E-state index in [9.17, 15) is 4.79 Å². The largest absolute Gasteiger partial charge is 0.430 e. The monoisotopic (exact) mass is 297 g/mol. The summed E-state index contributed by atoms with van der Waals surface area (Å²) in [5.74, 6) is 0.347. The van der Waals surface area contributed by atoms with Gasteiger partial charge in [0.2, 0.25) is 11.3 Å². The Balaban J connectivity index is 2.20. The number of aryl methyl sites for hydroxylation is 2. The van der Waals surface area contributed by atoms with Gasteiger partial charge in [0.25, 0.3) is 5.56 Å². The maximum absolute atomic E-state index is 12.3. The van der Waals surface area contributed by atoms with E-state index >= 15 is 0 Å². The molecule has 5 nitrogen and oxygen atoms in total. The number of fused-ring (bicyclic) bond motifs is 5. The predicted octanol–water partition coefficient (Wildman–Crippen LogP) is 3.08. The minimum absolute atomic E-state index is 0.154. The van der Waals surface area contributed by atoms with Crippen LogP contribution in [-0.2, 0) is 19.9 Å². The van der Waals surface area contributed by atoms with Crippen LogP contribution in [0.3, 0.4) is 0 Å². The van der Waals surface area contributed by atoms with E-state index in [-0.39, 0.29) is 5.56 Å². The van der Waals surface area contributed by atoms with E-state index in [0.29, 0.717) is 22.7 Å². The zero-order valence-electron chi connectivity index (χ0n) is 13.1. The van der Waals surface area contributed by atoms with Crippen LogP contribution in [0.4, 0.5) is 0 Å². The number of hydrogen-bond acceptors (Lipinski definition) is 4. The summed E-state index contributed by atoms with van der Waals surface area (Å²) >= 11 is 0. The minimum Gasteiger partial charge on any atom is -0.430 e. The van der Waals surface area contributed by atoms with Crippen molar-refractivity contribution >= 4 is 22.2 Å². The van der Waals surface area contributed by atoms with Crippen LogP contribution < -0.4 is 5.56 Å². The summed E-state index contributed by atoms with van der Waals surface area (Å²) in [6.07, 6.45) is 6.00. The van der Waals surface area contributed by atoms with Crippen LogP contribution in [0.25, 0.3) is 22.2 Å². The van der Waals surface area contributed by atoms with Gasteiger partial charge >= 0.3 is 0 Å². The first-order valence-corrected chi connectivity index (χ1v) is 7.87. The van der Waals surface area contributed by atoms with Gasteiger partial charge in [0, 0.05) is 7.05 Å². The van der Waals surface area contributed by atoms with E-state index in [0.717, 1.165) is 23.9 Å². The van der Waals surface area contributed by atoms with Crippen molar-refractivity contribution in [1.29, 1.82) is 0 Å². The zero-order chi connectivity index (χ0) is 15.4. The summed E-state index contributed by atoms with van der Waals surface area (Å²) in [7, 11) is 1.68. The maximum atomic E-state index is 12.3. The van der Waals surface area contributed by atoms with Crippen molar-refractivity contribution in [2.45, 2.75) is 45.4 Å². The van der Waals surface area contributed by atoms with Crippen LogP contribution in [0.1, 0.15) is 49.4 Å². The molecule has 0 amide bonds. The molecule has 4 rings (SSSR count). The van der Waals surface area contributed by atoms with E-state index in [2.05, 4.69) is 18.8 Å². The Bertz CT molecular complexity index is 950. The second-order valence-corrected chi connectivity index (χ2v) is 6.44. The fourth-order valence-electron chi connectivity index (χ4n) is 3.50. The second kappa shape index (κ2) is 4.66. The molecule has 0 aromatic carbocycles. The van der Waals surface area contributed by atoms with Gasteiger partial charge in [-0.25, -0.2) is 9.97 Å². The van der Waals surface area contributed by atoms with E-state index in [1.54, 1.807) is 13.4 Å². The molecular formula is C17H19N3O2. The van der Waals surface area contributed by atoms with Crippen LogP contribution in [0.15, 0.2) is 15.5 Å². The Morgan fingerprint density at radius 2 is 1.95 bits per heavy atom. The fourth-order valence-corrected chi connectivity index (χ4v) is 3.50. The van der Waals surface area contributed by atoms with Crippen molar-refractivity contribution in [2.24, 2.45) is 7.05 Å². The van der Waals surface area contributed by atoms with Crippen LogP contribution in [-0.4, -0.2) is 14.5 Å². The van der Waals surface area contributed by atoms with Gasteiger partial charge in [-0.3, -0.25) is 9.36 Å². The highest BCUT2D eigenvalue weighted by Crippen LogP contribution is 2.36. The molecule has 0 N–H and O–H groups in total. The summed E-state index contributed by atoms with van der Waals surface area (Å²) in [6.45, 7) is 4.31. The van der Waals surface area contributed by atoms with Crippen LogP contribution in [0, 0.1) is 0 Å². The normalized spacial score (nSPS) is 14.9. The topological polar surface area (TPSA) is 60.9 Å². The minimum atomic E-state index is -0.154. The smallest absolute Gasteiger partial charge is 0.296 e. The second-order valence-electron chi connectivity index (χ2n) is 6.44.